The van der Waals surface area contributed by atoms with Crippen molar-refractivity contribution < 1.29 is 34.1 Å². The zero-order valence-electron chi connectivity index (χ0n) is 29.2. The number of hydrogen-bond donors (Lipinski definition) is 3. The molecular formula is C37H50N6O7. The van der Waals surface area contributed by atoms with Gasteiger partial charge < -0.3 is 35.0 Å². The summed E-state index contributed by atoms with van der Waals surface area (Å²) in [6.45, 7) is 9.08. The molecule has 270 valence electrons. The first-order valence-electron chi connectivity index (χ1n) is 17.9. The molecule has 0 spiro atoms. The minimum atomic E-state index is -1.02. The Morgan fingerprint density at radius 3 is 2.16 bits per heavy atom. The largest absolute Gasteiger partial charge is 0.507 e. The number of urea groups is 1. The topological polar surface area (TPSA) is 146 Å². The van der Waals surface area contributed by atoms with Gasteiger partial charge in [0.25, 0.3) is 5.91 Å². The van der Waals surface area contributed by atoms with Gasteiger partial charge in [-0.05, 0) is 74.3 Å². The maximum atomic E-state index is 14.1. The highest BCUT2D eigenvalue weighted by Gasteiger charge is 2.36. The van der Waals surface area contributed by atoms with Crippen LogP contribution in [-0.4, -0.2) is 142 Å². The highest BCUT2D eigenvalue weighted by molar-refractivity contribution is 5.91. The van der Waals surface area contributed by atoms with Crippen LogP contribution in [-0.2, 0) is 27.2 Å². The number of phenols is 1. The van der Waals surface area contributed by atoms with Gasteiger partial charge in [0.05, 0.1) is 6.54 Å². The van der Waals surface area contributed by atoms with E-state index in [1.165, 1.54) is 0 Å². The van der Waals surface area contributed by atoms with Gasteiger partial charge in [-0.1, -0.05) is 30.3 Å². The Hall–Kier alpha value is -4.36. The van der Waals surface area contributed by atoms with Crippen molar-refractivity contribution in [3.8, 4) is 5.75 Å². The van der Waals surface area contributed by atoms with E-state index in [0.29, 0.717) is 75.8 Å². The summed E-state index contributed by atoms with van der Waals surface area (Å²) in [7, 11) is 0. The van der Waals surface area contributed by atoms with Gasteiger partial charge in [-0.2, -0.15) is 0 Å². The molecule has 2 aromatic carbocycles. The summed E-state index contributed by atoms with van der Waals surface area (Å²) in [4.78, 5) is 61.5. The molecule has 3 fully saturated rings. The molecule has 0 aliphatic carbocycles. The van der Waals surface area contributed by atoms with Crippen molar-refractivity contribution in [1.82, 2.24) is 24.5 Å². The molecule has 1 unspecified atom stereocenters. The van der Waals surface area contributed by atoms with Crippen LogP contribution in [0.2, 0.25) is 0 Å². The number of aliphatic carboxylic acids is 1. The smallest absolute Gasteiger partial charge is 0.410 e. The van der Waals surface area contributed by atoms with Gasteiger partial charge in [0.2, 0.25) is 0 Å². The minimum Gasteiger partial charge on any atom is -0.507 e. The first-order valence-corrected chi connectivity index (χ1v) is 17.9. The molecule has 4 aliphatic rings. The van der Waals surface area contributed by atoms with Crippen LogP contribution in [0.4, 0.5) is 15.3 Å². The predicted octanol–water partition coefficient (Wildman–Crippen LogP) is 3.30. The van der Waals surface area contributed by atoms with Crippen LogP contribution < -0.4 is 5.32 Å². The number of para-hydroxylation sites is 1. The van der Waals surface area contributed by atoms with Crippen LogP contribution in [0, 0.1) is 13.8 Å². The quantitative estimate of drug-likeness (QED) is 0.380. The Morgan fingerprint density at radius 1 is 0.860 bits per heavy atom. The number of likely N-dealkylation sites (tertiary alicyclic amines) is 2. The third-order valence-electron chi connectivity index (χ3n) is 10.9. The van der Waals surface area contributed by atoms with Crippen molar-refractivity contribution >= 4 is 29.7 Å². The van der Waals surface area contributed by atoms with Crippen LogP contribution in [0.1, 0.15) is 47.9 Å². The number of nitrogens with one attached hydrogen (secondary N) is 1. The van der Waals surface area contributed by atoms with E-state index in [1.54, 1.807) is 9.80 Å². The fraction of sp³-hybridized carbons (Fsp3) is 0.568. The number of anilines is 1. The summed E-state index contributed by atoms with van der Waals surface area (Å²) in [6, 6.07) is 11.7. The zero-order chi connectivity index (χ0) is 35.4. The minimum absolute atomic E-state index is 0.00515. The predicted molar refractivity (Wildman–Crippen MR) is 187 cm³/mol. The molecule has 2 aromatic rings. The summed E-state index contributed by atoms with van der Waals surface area (Å²) in [5.74, 6) is -0.821. The normalized spacial score (nSPS) is 20.5. The molecular weight excluding hydrogens is 640 g/mol. The summed E-state index contributed by atoms with van der Waals surface area (Å²) in [5, 5.41) is 22.5. The first-order chi connectivity index (χ1) is 24.0. The molecule has 0 radical (unpaired) electrons. The highest BCUT2D eigenvalue weighted by Crippen LogP contribution is 2.27. The number of nitrogens with zero attached hydrogens (tertiary/aromatic N) is 5. The Morgan fingerprint density at radius 2 is 1.50 bits per heavy atom. The number of carbonyl (C=O) groups is 4. The van der Waals surface area contributed by atoms with Crippen molar-refractivity contribution in [2.24, 2.45) is 0 Å². The Labute approximate surface area is 293 Å². The number of phenolic OH excluding ortho intramolecular Hbond substituents is 1. The standard InChI is InChI=1S/C37H50N6O7/c1-25-21-27(22-26(2)34(25)46)23-32(35(47)41-19-17-40(18-20-41)29-8-12-39(13-9-29)24-33(44)45)50-37(49)42-14-10-30(11-15-42)43-16-7-28-5-3-4-6-31(28)38-36(43)48/h3-6,21-22,29-30,32,46H,7-20,23-24H2,1-2H3,(H,38,48)(H,44,45). The first kappa shape index (κ1) is 35.5. The molecule has 13 heteroatoms. The second-order valence-electron chi connectivity index (χ2n) is 14.2. The molecule has 50 heavy (non-hydrogen) atoms. The van der Waals surface area contributed by atoms with Crippen LogP contribution >= 0.6 is 0 Å². The molecule has 13 nitrogen and oxygen atoms in total. The van der Waals surface area contributed by atoms with E-state index in [9.17, 15) is 24.3 Å². The molecule has 3 N–H and O–H groups in total. The number of hydrogen-bond acceptors (Lipinski definition) is 8. The number of benzene rings is 2. The van der Waals surface area contributed by atoms with Crippen LogP contribution in [0.3, 0.4) is 0 Å². The molecule has 4 amide bonds. The molecule has 0 bridgehead atoms. The number of aryl methyl sites for hydroxylation is 2. The lowest BCUT2D eigenvalue weighted by Gasteiger charge is -2.43. The average molecular weight is 691 g/mol. The van der Waals surface area contributed by atoms with Crippen LogP contribution in [0.25, 0.3) is 0 Å². The fourth-order valence-electron chi connectivity index (χ4n) is 8.00. The van der Waals surface area contributed by atoms with E-state index >= 15 is 0 Å². The van der Waals surface area contributed by atoms with Crippen molar-refractivity contribution in [3.63, 3.8) is 0 Å². The van der Waals surface area contributed by atoms with E-state index < -0.39 is 18.2 Å². The van der Waals surface area contributed by atoms with Gasteiger partial charge in [-0.15, -0.1) is 0 Å². The molecule has 0 saturated carbocycles. The monoisotopic (exact) mass is 690 g/mol. The highest BCUT2D eigenvalue weighted by atomic mass is 16.6. The summed E-state index contributed by atoms with van der Waals surface area (Å²) < 4.78 is 6.04. The maximum absolute atomic E-state index is 14.1. The SMILES string of the molecule is Cc1cc(CC(OC(=O)N2CCC(N3CCc4ccccc4NC3=O)CC2)C(=O)N2CCN(C3CCN(CC(=O)O)CC3)CC2)cc(C)c1O. The van der Waals surface area contributed by atoms with Gasteiger partial charge >= 0.3 is 18.1 Å². The number of fused-ring (bicyclic) bond motifs is 1. The number of ether oxygens (including phenoxy) is 1. The number of carboxylic acid groups (broad SMARTS) is 1. The van der Waals surface area contributed by atoms with E-state index in [1.807, 2.05) is 60.0 Å². The number of piperazine rings is 1. The number of carboxylic acids is 1. The lowest BCUT2D eigenvalue weighted by Crippen LogP contribution is -2.56. The summed E-state index contributed by atoms with van der Waals surface area (Å²) in [6.07, 6.45) is 2.42. The Balaban J connectivity index is 1.06. The molecule has 4 aliphatic heterocycles. The third-order valence-corrected chi connectivity index (χ3v) is 10.9. The van der Waals surface area contributed by atoms with Gasteiger partial charge in [0.15, 0.2) is 6.10 Å². The van der Waals surface area contributed by atoms with E-state index in [-0.39, 0.29) is 36.7 Å². The van der Waals surface area contributed by atoms with Gasteiger partial charge in [-0.3, -0.25) is 19.4 Å². The number of carbonyl (C=O) groups excluding carboxylic acids is 3. The molecule has 4 heterocycles. The Bertz CT molecular complexity index is 1540. The summed E-state index contributed by atoms with van der Waals surface area (Å²) in [5.41, 5.74) is 4.16. The van der Waals surface area contributed by atoms with E-state index in [2.05, 4.69) is 10.2 Å². The third kappa shape index (κ3) is 8.32. The van der Waals surface area contributed by atoms with Crippen molar-refractivity contribution in [2.75, 3.05) is 70.8 Å². The summed E-state index contributed by atoms with van der Waals surface area (Å²) >= 11 is 0. The van der Waals surface area contributed by atoms with Crippen molar-refractivity contribution in [2.45, 2.75) is 70.6 Å². The van der Waals surface area contributed by atoms with E-state index in [0.717, 1.165) is 49.2 Å². The number of amides is 4. The number of piperidine rings is 2. The average Bonchev–Trinajstić information content (AvgIpc) is 3.28. The van der Waals surface area contributed by atoms with E-state index in [4.69, 9.17) is 9.84 Å². The fourth-order valence-corrected chi connectivity index (χ4v) is 8.00. The second kappa shape index (κ2) is 15.7. The number of aromatic hydroxyl groups is 1. The maximum Gasteiger partial charge on any atom is 0.410 e. The molecule has 6 rings (SSSR count). The van der Waals surface area contributed by atoms with Gasteiger partial charge in [0, 0.05) is 83.1 Å². The lowest BCUT2D eigenvalue weighted by molar-refractivity contribution is -0.143. The van der Waals surface area contributed by atoms with Gasteiger partial charge in [0.1, 0.15) is 5.75 Å². The van der Waals surface area contributed by atoms with Gasteiger partial charge in [-0.25, -0.2) is 9.59 Å². The lowest BCUT2D eigenvalue weighted by atomic mass is 10.00. The second-order valence-corrected chi connectivity index (χ2v) is 14.2. The molecule has 1 atom stereocenters. The molecule has 3 saturated heterocycles. The zero-order valence-corrected chi connectivity index (χ0v) is 29.2. The van der Waals surface area contributed by atoms with Crippen LogP contribution in [0.5, 0.6) is 5.75 Å². The van der Waals surface area contributed by atoms with Crippen molar-refractivity contribution in [1.29, 1.82) is 0 Å². The number of rotatable bonds is 8. The van der Waals surface area contributed by atoms with Crippen LogP contribution in [0.15, 0.2) is 36.4 Å². The Kier molecular flexibility index (Phi) is 11.1. The van der Waals surface area contributed by atoms with Crippen molar-refractivity contribution in [3.05, 3.63) is 58.7 Å². The molecule has 0 aromatic heterocycles.